The first kappa shape index (κ1) is 11.6. The molecular formula is C13H16O2. The van der Waals surface area contributed by atoms with Crippen LogP contribution < -0.4 is 0 Å². The minimum absolute atomic E-state index is 0.237. The zero-order valence-electron chi connectivity index (χ0n) is 9.63. The first-order valence-electron chi connectivity index (χ1n) is 5.09. The van der Waals surface area contributed by atoms with Crippen LogP contribution in [0.15, 0.2) is 18.2 Å². The molecule has 0 unspecified atom stereocenters. The lowest BCUT2D eigenvalue weighted by Gasteiger charge is -2.05. The second kappa shape index (κ2) is 4.39. The maximum Gasteiger partial charge on any atom is 0.228 e. The Hall–Kier alpha value is -1.44. The molecule has 0 heterocycles. The van der Waals surface area contributed by atoms with Crippen molar-refractivity contribution in [2.75, 3.05) is 0 Å². The van der Waals surface area contributed by atoms with Crippen molar-refractivity contribution < 1.29 is 9.59 Å². The molecule has 0 atom stereocenters. The topological polar surface area (TPSA) is 34.1 Å². The number of Topliss-reactive ketones (excluding diaryl/α,β-unsaturated/α-hetero) is 2. The van der Waals surface area contributed by atoms with E-state index in [4.69, 9.17) is 0 Å². The Kier molecular flexibility index (Phi) is 3.40. The Labute approximate surface area is 90.3 Å². The molecule has 2 nitrogen and oxygen atoms in total. The predicted molar refractivity (Wildman–Crippen MR) is 60.1 cm³/mol. The number of hydrogen-bond donors (Lipinski definition) is 0. The molecule has 0 aliphatic rings. The summed E-state index contributed by atoms with van der Waals surface area (Å²) in [6.07, 6.45) is 0. The molecule has 15 heavy (non-hydrogen) atoms. The molecule has 80 valence electrons. The summed E-state index contributed by atoms with van der Waals surface area (Å²) in [6, 6.07) is 5.36. The minimum Gasteiger partial charge on any atom is -0.290 e. The van der Waals surface area contributed by atoms with Gasteiger partial charge in [0.05, 0.1) is 0 Å². The average Bonchev–Trinajstić information content (AvgIpc) is 2.19. The van der Waals surface area contributed by atoms with Crippen LogP contribution in [0.1, 0.15) is 35.3 Å². The fourth-order valence-corrected chi connectivity index (χ4v) is 1.29. The summed E-state index contributed by atoms with van der Waals surface area (Å²) in [6.45, 7) is 7.39. The largest absolute Gasteiger partial charge is 0.290 e. The summed E-state index contributed by atoms with van der Waals surface area (Å²) < 4.78 is 0. The van der Waals surface area contributed by atoms with Gasteiger partial charge in [-0.25, -0.2) is 0 Å². The molecule has 0 N–H and O–H groups in total. The van der Waals surface area contributed by atoms with Gasteiger partial charge in [0.2, 0.25) is 11.6 Å². The highest BCUT2D eigenvalue weighted by Crippen LogP contribution is 2.12. The van der Waals surface area contributed by atoms with Crippen LogP contribution in [0.4, 0.5) is 0 Å². The number of ketones is 2. The fourth-order valence-electron chi connectivity index (χ4n) is 1.29. The molecule has 0 radical (unpaired) electrons. The normalized spacial score (nSPS) is 10.5. The van der Waals surface area contributed by atoms with E-state index in [2.05, 4.69) is 0 Å². The van der Waals surface area contributed by atoms with Crippen LogP contribution in [0.25, 0.3) is 0 Å². The minimum atomic E-state index is -0.381. The summed E-state index contributed by atoms with van der Waals surface area (Å²) in [5, 5.41) is 0. The van der Waals surface area contributed by atoms with E-state index in [1.54, 1.807) is 26.0 Å². The van der Waals surface area contributed by atoms with Gasteiger partial charge in [-0.15, -0.1) is 0 Å². The van der Waals surface area contributed by atoms with Crippen molar-refractivity contribution in [2.24, 2.45) is 5.92 Å². The first-order valence-corrected chi connectivity index (χ1v) is 5.09. The van der Waals surface area contributed by atoms with Crippen LogP contribution in [-0.4, -0.2) is 11.6 Å². The molecule has 0 aromatic heterocycles. The van der Waals surface area contributed by atoms with Crippen LogP contribution in [0.2, 0.25) is 0 Å². The van der Waals surface area contributed by atoms with Crippen molar-refractivity contribution in [2.45, 2.75) is 27.7 Å². The Morgan fingerprint density at radius 1 is 1.07 bits per heavy atom. The third kappa shape index (κ3) is 2.52. The predicted octanol–water partition coefficient (Wildman–Crippen LogP) is 2.71. The molecule has 1 aromatic rings. The lowest BCUT2D eigenvalue weighted by Crippen LogP contribution is -2.19. The van der Waals surface area contributed by atoms with Crippen LogP contribution in [0.5, 0.6) is 0 Å². The van der Waals surface area contributed by atoms with Crippen molar-refractivity contribution in [3.8, 4) is 0 Å². The number of rotatable bonds is 3. The van der Waals surface area contributed by atoms with Gasteiger partial charge in [-0.1, -0.05) is 26.0 Å². The molecule has 0 saturated heterocycles. The Morgan fingerprint density at radius 2 is 1.67 bits per heavy atom. The van der Waals surface area contributed by atoms with Crippen LogP contribution >= 0.6 is 0 Å². The molecule has 1 rings (SSSR count). The number of hydrogen-bond acceptors (Lipinski definition) is 2. The van der Waals surface area contributed by atoms with Gasteiger partial charge in [0, 0.05) is 11.5 Å². The molecule has 2 heteroatoms. The van der Waals surface area contributed by atoms with Gasteiger partial charge in [-0.05, 0) is 31.0 Å². The molecule has 0 fully saturated rings. The first-order chi connectivity index (χ1) is 6.93. The maximum absolute atomic E-state index is 11.7. The van der Waals surface area contributed by atoms with E-state index in [1.165, 1.54) is 0 Å². The fraction of sp³-hybridized carbons (Fsp3) is 0.385. The van der Waals surface area contributed by atoms with E-state index >= 15 is 0 Å². The molecule has 1 aromatic carbocycles. The zero-order chi connectivity index (χ0) is 11.6. The van der Waals surface area contributed by atoms with Gasteiger partial charge in [0.25, 0.3) is 0 Å². The summed E-state index contributed by atoms with van der Waals surface area (Å²) >= 11 is 0. The number of carbonyl (C=O) groups excluding carboxylic acids is 2. The van der Waals surface area contributed by atoms with E-state index in [0.717, 1.165) is 11.1 Å². The smallest absolute Gasteiger partial charge is 0.228 e. The van der Waals surface area contributed by atoms with E-state index in [0.29, 0.717) is 5.56 Å². The molecule has 0 saturated carbocycles. The number of carbonyl (C=O) groups is 2. The standard InChI is InChI=1S/C13H16O2/c1-8(2)12(14)13(15)11-6-5-9(3)10(4)7-11/h5-8H,1-4H3. The van der Waals surface area contributed by atoms with Crippen LogP contribution in [0, 0.1) is 19.8 Å². The van der Waals surface area contributed by atoms with E-state index in [1.807, 2.05) is 19.9 Å². The molecule has 0 amide bonds. The highest BCUT2D eigenvalue weighted by atomic mass is 16.2. The lowest BCUT2D eigenvalue weighted by atomic mass is 9.97. The molecule has 0 aliphatic carbocycles. The van der Waals surface area contributed by atoms with Crippen LogP contribution in [0.3, 0.4) is 0 Å². The third-order valence-electron chi connectivity index (χ3n) is 2.52. The second-order valence-electron chi connectivity index (χ2n) is 4.15. The van der Waals surface area contributed by atoms with Gasteiger partial charge >= 0.3 is 0 Å². The summed E-state index contributed by atoms with van der Waals surface area (Å²) in [4.78, 5) is 23.2. The molecule has 0 spiro atoms. The van der Waals surface area contributed by atoms with E-state index in [-0.39, 0.29) is 17.5 Å². The van der Waals surface area contributed by atoms with Crippen molar-refractivity contribution >= 4 is 11.6 Å². The SMILES string of the molecule is Cc1ccc(C(=O)C(=O)C(C)C)cc1C. The monoisotopic (exact) mass is 204 g/mol. The molecular weight excluding hydrogens is 188 g/mol. The van der Waals surface area contributed by atoms with Gasteiger partial charge < -0.3 is 0 Å². The quantitative estimate of drug-likeness (QED) is 0.560. The van der Waals surface area contributed by atoms with E-state index in [9.17, 15) is 9.59 Å². The van der Waals surface area contributed by atoms with Crippen molar-refractivity contribution in [3.63, 3.8) is 0 Å². The van der Waals surface area contributed by atoms with Gasteiger partial charge in [0.1, 0.15) is 0 Å². The Bertz CT molecular complexity index is 403. The molecule has 0 bridgehead atoms. The van der Waals surface area contributed by atoms with Gasteiger partial charge in [-0.2, -0.15) is 0 Å². The summed E-state index contributed by atoms with van der Waals surface area (Å²) in [7, 11) is 0. The number of aryl methyl sites for hydroxylation is 2. The van der Waals surface area contributed by atoms with Crippen molar-refractivity contribution in [3.05, 3.63) is 34.9 Å². The summed E-state index contributed by atoms with van der Waals surface area (Å²) in [5.74, 6) is -0.939. The maximum atomic E-state index is 11.7. The molecule has 0 aliphatic heterocycles. The van der Waals surface area contributed by atoms with Crippen LogP contribution in [-0.2, 0) is 4.79 Å². The Morgan fingerprint density at radius 3 is 2.13 bits per heavy atom. The van der Waals surface area contributed by atoms with Crippen molar-refractivity contribution in [1.82, 2.24) is 0 Å². The summed E-state index contributed by atoms with van der Waals surface area (Å²) in [5.41, 5.74) is 2.66. The van der Waals surface area contributed by atoms with Crippen molar-refractivity contribution in [1.29, 1.82) is 0 Å². The third-order valence-corrected chi connectivity index (χ3v) is 2.52. The van der Waals surface area contributed by atoms with Gasteiger partial charge in [-0.3, -0.25) is 9.59 Å². The number of benzene rings is 1. The highest BCUT2D eigenvalue weighted by molar-refractivity contribution is 6.44. The highest BCUT2D eigenvalue weighted by Gasteiger charge is 2.19. The average molecular weight is 204 g/mol. The zero-order valence-corrected chi connectivity index (χ0v) is 9.63. The Balaban J connectivity index is 3.02. The lowest BCUT2D eigenvalue weighted by molar-refractivity contribution is -0.117. The van der Waals surface area contributed by atoms with E-state index < -0.39 is 0 Å². The van der Waals surface area contributed by atoms with Gasteiger partial charge in [0.15, 0.2) is 0 Å². The second-order valence-corrected chi connectivity index (χ2v) is 4.15.